The first-order valence-corrected chi connectivity index (χ1v) is 5.91. The maximum atomic E-state index is 9.07. The summed E-state index contributed by atoms with van der Waals surface area (Å²) < 4.78 is 0. The number of nitrogen functional groups attached to an aromatic ring is 2. The topological polar surface area (TPSA) is 99.6 Å². The quantitative estimate of drug-likeness (QED) is 0.640. The summed E-state index contributed by atoms with van der Waals surface area (Å²) in [6, 6.07) is 14.4. The highest BCUT2D eigenvalue weighted by molar-refractivity contribution is 5.76. The van der Waals surface area contributed by atoms with Crippen LogP contribution in [-0.4, -0.2) is 0 Å². The Balaban J connectivity index is 2.41. The lowest BCUT2D eigenvalue weighted by Crippen LogP contribution is -1.90. The molecule has 0 aliphatic carbocycles. The summed E-state index contributed by atoms with van der Waals surface area (Å²) in [5.74, 6) is 0. The van der Waals surface area contributed by atoms with Crippen LogP contribution in [0.3, 0.4) is 0 Å². The summed E-state index contributed by atoms with van der Waals surface area (Å²) >= 11 is 0. The van der Waals surface area contributed by atoms with Gasteiger partial charge in [0.2, 0.25) is 0 Å². The third-order valence-electron chi connectivity index (χ3n) is 2.84. The van der Waals surface area contributed by atoms with Crippen molar-refractivity contribution in [3.63, 3.8) is 0 Å². The molecule has 0 unspecified atom stereocenters. The molecule has 0 atom stereocenters. The Morgan fingerprint density at radius 2 is 1.15 bits per heavy atom. The predicted octanol–water partition coefficient (Wildman–Crippen LogP) is 2.76. The van der Waals surface area contributed by atoms with Gasteiger partial charge < -0.3 is 11.5 Å². The molecule has 2 rings (SSSR count). The second-order valence-corrected chi connectivity index (χ2v) is 4.25. The number of nitrogens with zero attached hydrogens (tertiary/aromatic N) is 2. The minimum Gasteiger partial charge on any atom is -0.399 e. The molecule has 0 spiro atoms. The van der Waals surface area contributed by atoms with E-state index in [9.17, 15) is 0 Å². The van der Waals surface area contributed by atoms with Gasteiger partial charge in [0.05, 0.1) is 23.3 Å². The summed E-state index contributed by atoms with van der Waals surface area (Å²) in [7, 11) is 0. The predicted molar refractivity (Wildman–Crippen MR) is 80.1 cm³/mol. The first-order chi connectivity index (χ1) is 9.63. The van der Waals surface area contributed by atoms with Crippen LogP contribution < -0.4 is 11.5 Å². The maximum Gasteiger partial charge on any atom is 0.0998 e. The van der Waals surface area contributed by atoms with Crippen LogP contribution in [-0.2, 0) is 0 Å². The molecule has 96 valence electrons. The summed E-state index contributed by atoms with van der Waals surface area (Å²) in [6.07, 6.45) is 3.56. The van der Waals surface area contributed by atoms with Gasteiger partial charge in [0.25, 0.3) is 0 Å². The van der Waals surface area contributed by atoms with E-state index < -0.39 is 0 Å². The molecule has 2 aromatic rings. The average Bonchev–Trinajstić information content (AvgIpc) is 2.46. The number of anilines is 2. The summed E-state index contributed by atoms with van der Waals surface area (Å²) in [4.78, 5) is 0. The van der Waals surface area contributed by atoms with E-state index in [2.05, 4.69) is 12.1 Å². The molecule has 4 heteroatoms. The van der Waals surface area contributed by atoms with Crippen LogP contribution in [0.25, 0.3) is 12.2 Å². The van der Waals surface area contributed by atoms with Gasteiger partial charge in [0.1, 0.15) is 0 Å². The fraction of sp³-hybridized carbons (Fsp3) is 0. The zero-order chi connectivity index (χ0) is 14.5. The highest BCUT2D eigenvalue weighted by Gasteiger charge is 2.01. The molecule has 4 nitrogen and oxygen atoms in total. The van der Waals surface area contributed by atoms with Crippen LogP contribution >= 0.6 is 0 Å². The molecule has 0 amide bonds. The summed E-state index contributed by atoms with van der Waals surface area (Å²) in [5.41, 5.74) is 14.9. The monoisotopic (exact) mass is 260 g/mol. The van der Waals surface area contributed by atoms with Crippen molar-refractivity contribution in [2.24, 2.45) is 0 Å². The van der Waals surface area contributed by atoms with Crippen molar-refractivity contribution in [1.82, 2.24) is 0 Å². The van der Waals surface area contributed by atoms with Crippen LogP contribution in [0, 0.1) is 22.7 Å². The van der Waals surface area contributed by atoms with E-state index in [1.165, 1.54) is 0 Å². The zero-order valence-corrected chi connectivity index (χ0v) is 10.7. The van der Waals surface area contributed by atoms with Gasteiger partial charge in [-0.05, 0) is 35.4 Å². The number of hydrogen-bond donors (Lipinski definition) is 2. The zero-order valence-electron chi connectivity index (χ0n) is 10.7. The molecule has 0 heterocycles. The molecule has 0 saturated carbocycles. The highest BCUT2D eigenvalue weighted by Crippen LogP contribution is 2.19. The number of rotatable bonds is 2. The van der Waals surface area contributed by atoms with Gasteiger partial charge in [-0.3, -0.25) is 0 Å². The van der Waals surface area contributed by atoms with E-state index in [1.54, 1.807) is 48.6 Å². The third-order valence-corrected chi connectivity index (χ3v) is 2.84. The Morgan fingerprint density at radius 1 is 0.750 bits per heavy atom. The van der Waals surface area contributed by atoms with Crippen molar-refractivity contribution in [3.8, 4) is 12.1 Å². The Hall–Kier alpha value is -3.24. The van der Waals surface area contributed by atoms with Crippen molar-refractivity contribution in [2.75, 3.05) is 11.5 Å². The molecular weight excluding hydrogens is 248 g/mol. The largest absolute Gasteiger partial charge is 0.399 e. The van der Waals surface area contributed by atoms with E-state index in [0.717, 1.165) is 11.1 Å². The molecule has 20 heavy (non-hydrogen) atoms. The molecule has 0 aromatic heterocycles. The smallest absolute Gasteiger partial charge is 0.0998 e. The summed E-state index contributed by atoms with van der Waals surface area (Å²) in [6.45, 7) is 0. The minimum absolute atomic E-state index is 0.496. The molecule has 0 aliphatic heterocycles. The lowest BCUT2D eigenvalue weighted by molar-refractivity contribution is 1.47. The number of nitrogens with two attached hydrogens (primary N) is 2. The van der Waals surface area contributed by atoms with E-state index in [4.69, 9.17) is 22.0 Å². The van der Waals surface area contributed by atoms with E-state index >= 15 is 0 Å². The number of hydrogen-bond acceptors (Lipinski definition) is 4. The van der Waals surface area contributed by atoms with Crippen LogP contribution in [0.2, 0.25) is 0 Å². The Morgan fingerprint density at radius 3 is 1.50 bits per heavy atom. The maximum absolute atomic E-state index is 9.07. The van der Waals surface area contributed by atoms with E-state index in [-0.39, 0.29) is 0 Å². The molecule has 0 fully saturated rings. The molecule has 0 bridgehead atoms. The second-order valence-electron chi connectivity index (χ2n) is 4.25. The fourth-order valence-electron chi connectivity index (χ4n) is 1.81. The van der Waals surface area contributed by atoms with E-state index in [1.807, 2.05) is 0 Å². The van der Waals surface area contributed by atoms with Gasteiger partial charge in [0, 0.05) is 11.4 Å². The van der Waals surface area contributed by atoms with Crippen LogP contribution in [0.15, 0.2) is 36.4 Å². The van der Waals surface area contributed by atoms with Crippen molar-refractivity contribution >= 4 is 23.5 Å². The van der Waals surface area contributed by atoms with E-state index in [0.29, 0.717) is 22.5 Å². The second kappa shape index (κ2) is 5.60. The van der Waals surface area contributed by atoms with Crippen molar-refractivity contribution in [1.29, 1.82) is 10.5 Å². The van der Waals surface area contributed by atoms with Gasteiger partial charge in [-0.15, -0.1) is 0 Å². The fourth-order valence-corrected chi connectivity index (χ4v) is 1.81. The first kappa shape index (κ1) is 13.2. The Labute approximate surface area is 117 Å². The van der Waals surface area contributed by atoms with Gasteiger partial charge >= 0.3 is 0 Å². The molecule has 4 N–H and O–H groups in total. The van der Waals surface area contributed by atoms with Gasteiger partial charge in [-0.25, -0.2) is 0 Å². The molecule has 0 saturated heterocycles. The molecule has 0 aliphatic rings. The van der Waals surface area contributed by atoms with Crippen molar-refractivity contribution in [2.45, 2.75) is 0 Å². The lowest BCUT2D eigenvalue weighted by Gasteiger charge is -2.01. The van der Waals surface area contributed by atoms with Crippen LogP contribution in [0.5, 0.6) is 0 Å². The lowest BCUT2D eigenvalue weighted by atomic mass is 10.0. The normalized spacial score (nSPS) is 10.1. The standard InChI is InChI=1S/C16H12N4/c17-9-13-7-15(19)5-3-11(13)1-2-12-4-6-16(20)8-14(12)10-18/h1-8H,19-20H2/b2-1+. The van der Waals surface area contributed by atoms with Gasteiger partial charge in [-0.2, -0.15) is 10.5 Å². The average molecular weight is 260 g/mol. The molecule has 2 aromatic carbocycles. The Bertz CT molecular complexity index is 696. The van der Waals surface area contributed by atoms with Gasteiger partial charge in [-0.1, -0.05) is 24.3 Å². The SMILES string of the molecule is N#Cc1cc(N)ccc1/C=C/c1ccc(N)cc1C#N. The molecular formula is C16H12N4. The van der Waals surface area contributed by atoms with Crippen molar-refractivity contribution in [3.05, 3.63) is 58.7 Å². The highest BCUT2D eigenvalue weighted by atomic mass is 14.5. The van der Waals surface area contributed by atoms with Crippen LogP contribution in [0.1, 0.15) is 22.3 Å². The molecule has 0 radical (unpaired) electrons. The van der Waals surface area contributed by atoms with Crippen molar-refractivity contribution < 1.29 is 0 Å². The van der Waals surface area contributed by atoms with Crippen LogP contribution in [0.4, 0.5) is 11.4 Å². The minimum atomic E-state index is 0.496. The Kier molecular flexibility index (Phi) is 3.70. The summed E-state index contributed by atoms with van der Waals surface area (Å²) in [5, 5.41) is 18.1. The third kappa shape index (κ3) is 2.77. The van der Waals surface area contributed by atoms with Gasteiger partial charge in [0.15, 0.2) is 0 Å². The number of benzene rings is 2. The number of nitriles is 2. The first-order valence-electron chi connectivity index (χ1n) is 5.91.